The lowest BCUT2D eigenvalue weighted by Gasteiger charge is -2.20. The van der Waals surface area contributed by atoms with Gasteiger partial charge in [0.2, 0.25) is 0 Å². The summed E-state index contributed by atoms with van der Waals surface area (Å²) in [5, 5.41) is 4.91. The normalized spacial score (nSPS) is 10.8. The van der Waals surface area contributed by atoms with Gasteiger partial charge in [0, 0.05) is 5.69 Å². The van der Waals surface area contributed by atoms with Crippen LogP contribution in [-0.4, -0.2) is 30.8 Å². The second kappa shape index (κ2) is 9.77. The van der Waals surface area contributed by atoms with Gasteiger partial charge in [-0.3, -0.25) is 10.1 Å². The number of hydrogen-bond acceptors (Lipinski definition) is 5. The maximum Gasteiger partial charge on any atom is 0.412 e. The van der Waals surface area contributed by atoms with Crippen molar-refractivity contribution in [3.8, 4) is 11.5 Å². The first-order chi connectivity index (χ1) is 13.7. The largest absolute Gasteiger partial charge is 0.490 e. The van der Waals surface area contributed by atoms with Crippen LogP contribution in [0.1, 0.15) is 27.7 Å². The van der Waals surface area contributed by atoms with E-state index in [4.69, 9.17) is 14.2 Å². The molecule has 0 aliphatic heterocycles. The van der Waals surface area contributed by atoms with E-state index in [0.29, 0.717) is 23.8 Å². The summed E-state index contributed by atoms with van der Waals surface area (Å²) in [6, 6.07) is 10.8. The second-order valence-corrected chi connectivity index (χ2v) is 7.04. The lowest BCUT2D eigenvalue weighted by Crippen LogP contribution is -2.27. The molecule has 0 aliphatic carbocycles. The molecule has 2 aromatic rings. The van der Waals surface area contributed by atoms with Crippen molar-refractivity contribution in [3.63, 3.8) is 0 Å². The van der Waals surface area contributed by atoms with E-state index in [1.165, 1.54) is 12.1 Å². The van der Waals surface area contributed by atoms with Crippen LogP contribution >= 0.6 is 0 Å². The Morgan fingerprint density at radius 2 is 1.66 bits per heavy atom. The zero-order valence-corrected chi connectivity index (χ0v) is 16.9. The minimum atomic E-state index is -0.796. The van der Waals surface area contributed by atoms with Crippen LogP contribution in [0.4, 0.5) is 20.6 Å². The SMILES string of the molecule is CCOc1ccccc1OCC(=O)Nc1ccc(F)c(NC(=O)OC(C)(C)C)c1. The first-order valence-corrected chi connectivity index (χ1v) is 9.12. The Kier molecular flexibility index (Phi) is 7.41. The fraction of sp³-hybridized carbons (Fsp3) is 0.333. The minimum Gasteiger partial charge on any atom is -0.490 e. The molecular formula is C21H25FN2O5. The quantitative estimate of drug-likeness (QED) is 0.705. The molecule has 0 aliphatic rings. The van der Waals surface area contributed by atoms with Gasteiger partial charge < -0.3 is 19.5 Å². The first kappa shape index (κ1) is 22.0. The maximum atomic E-state index is 14.0. The van der Waals surface area contributed by atoms with Crippen molar-refractivity contribution in [1.82, 2.24) is 0 Å². The molecule has 2 aromatic carbocycles. The zero-order chi connectivity index (χ0) is 21.4. The number of anilines is 2. The molecule has 0 saturated heterocycles. The molecule has 0 aromatic heterocycles. The summed E-state index contributed by atoms with van der Waals surface area (Å²) in [5.74, 6) is -0.133. The van der Waals surface area contributed by atoms with Crippen LogP contribution in [0.5, 0.6) is 11.5 Å². The Balaban J connectivity index is 1.98. The third-order valence-electron chi connectivity index (χ3n) is 3.39. The summed E-state index contributed by atoms with van der Waals surface area (Å²) in [4.78, 5) is 24.0. The molecule has 7 nitrogen and oxygen atoms in total. The Labute approximate surface area is 169 Å². The van der Waals surface area contributed by atoms with Gasteiger partial charge in [0.25, 0.3) is 5.91 Å². The molecule has 0 heterocycles. The first-order valence-electron chi connectivity index (χ1n) is 9.12. The van der Waals surface area contributed by atoms with Crippen molar-refractivity contribution >= 4 is 23.4 Å². The summed E-state index contributed by atoms with van der Waals surface area (Å²) in [7, 11) is 0. The van der Waals surface area contributed by atoms with Gasteiger partial charge in [-0.1, -0.05) is 12.1 Å². The number of benzene rings is 2. The van der Waals surface area contributed by atoms with Gasteiger partial charge in [-0.25, -0.2) is 9.18 Å². The Morgan fingerprint density at radius 1 is 1.00 bits per heavy atom. The molecule has 0 radical (unpaired) electrons. The highest BCUT2D eigenvalue weighted by Gasteiger charge is 2.18. The van der Waals surface area contributed by atoms with E-state index in [-0.39, 0.29) is 12.3 Å². The lowest BCUT2D eigenvalue weighted by atomic mass is 10.2. The predicted octanol–water partition coefficient (Wildman–Crippen LogP) is 4.59. The van der Waals surface area contributed by atoms with Crippen LogP contribution < -0.4 is 20.1 Å². The average Bonchev–Trinajstić information content (AvgIpc) is 2.62. The third-order valence-corrected chi connectivity index (χ3v) is 3.39. The number of carbonyl (C=O) groups excluding carboxylic acids is 2. The van der Waals surface area contributed by atoms with Crippen molar-refractivity contribution < 1.29 is 28.2 Å². The molecule has 29 heavy (non-hydrogen) atoms. The van der Waals surface area contributed by atoms with Gasteiger partial charge in [0.15, 0.2) is 18.1 Å². The fourth-order valence-electron chi connectivity index (χ4n) is 2.30. The van der Waals surface area contributed by atoms with Crippen molar-refractivity contribution in [1.29, 1.82) is 0 Å². The van der Waals surface area contributed by atoms with E-state index in [1.54, 1.807) is 45.0 Å². The fourth-order valence-corrected chi connectivity index (χ4v) is 2.30. The van der Waals surface area contributed by atoms with Crippen LogP contribution in [0.25, 0.3) is 0 Å². The second-order valence-electron chi connectivity index (χ2n) is 7.04. The molecule has 0 unspecified atom stereocenters. The van der Waals surface area contributed by atoms with Crippen molar-refractivity contribution in [2.45, 2.75) is 33.3 Å². The van der Waals surface area contributed by atoms with Crippen molar-refractivity contribution in [2.75, 3.05) is 23.8 Å². The molecule has 0 saturated carbocycles. The molecule has 0 atom stereocenters. The van der Waals surface area contributed by atoms with Crippen LogP contribution in [0.15, 0.2) is 42.5 Å². The number of hydrogen-bond donors (Lipinski definition) is 2. The Morgan fingerprint density at radius 3 is 2.28 bits per heavy atom. The van der Waals surface area contributed by atoms with Crippen LogP contribution in [-0.2, 0) is 9.53 Å². The molecule has 2 N–H and O–H groups in total. The van der Waals surface area contributed by atoms with Gasteiger partial charge in [0.1, 0.15) is 11.4 Å². The summed E-state index contributed by atoms with van der Waals surface area (Å²) in [6.07, 6.45) is -0.796. The number of nitrogens with one attached hydrogen (secondary N) is 2. The van der Waals surface area contributed by atoms with E-state index in [0.717, 1.165) is 6.07 Å². The Bertz CT molecular complexity index is 864. The summed E-state index contributed by atoms with van der Waals surface area (Å²) in [5.41, 5.74) is -0.537. The summed E-state index contributed by atoms with van der Waals surface area (Å²) >= 11 is 0. The smallest absolute Gasteiger partial charge is 0.412 e. The molecule has 156 valence electrons. The number of halogens is 1. The third kappa shape index (κ3) is 7.33. The number of carbonyl (C=O) groups is 2. The lowest BCUT2D eigenvalue weighted by molar-refractivity contribution is -0.118. The van der Waals surface area contributed by atoms with Crippen LogP contribution in [0, 0.1) is 5.82 Å². The number of ether oxygens (including phenoxy) is 3. The van der Waals surface area contributed by atoms with Gasteiger partial charge >= 0.3 is 6.09 Å². The van der Waals surface area contributed by atoms with E-state index >= 15 is 0 Å². The molecule has 2 rings (SSSR count). The van der Waals surface area contributed by atoms with Crippen molar-refractivity contribution in [2.24, 2.45) is 0 Å². The summed E-state index contributed by atoms with van der Waals surface area (Å²) < 4.78 is 30.0. The molecular weight excluding hydrogens is 379 g/mol. The molecule has 2 amide bonds. The van der Waals surface area contributed by atoms with Crippen molar-refractivity contribution in [3.05, 3.63) is 48.3 Å². The average molecular weight is 404 g/mol. The van der Waals surface area contributed by atoms with E-state index in [9.17, 15) is 14.0 Å². The molecule has 0 bridgehead atoms. The zero-order valence-electron chi connectivity index (χ0n) is 16.9. The standard InChI is InChI=1S/C21H25FN2O5/c1-5-27-17-8-6-7-9-18(17)28-13-19(25)23-14-10-11-15(22)16(12-14)24-20(26)29-21(2,3)4/h6-12H,5,13H2,1-4H3,(H,23,25)(H,24,26). The number of para-hydroxylation sites is 2. The maximum absolute atomic E-state index is 14.0. The summed E-state index contributed by atoms with van der Waals surface area (Å²) in [6.45, 7) is 7.14. The highest BCUT2D eigenvalue weighted by atomic mass is 19.1. The van der Waals surface area contributed by atoms with Gasteiger partial charge in [-0.05, 0) is 58.0 Å². The van der Waals surface area contributed by atoms with Crippen LogP contribution in [0.3, 0.4) is 0 Å². The number of amides is 2. The monoisotopic (exact) mass is 404 g/mol. The van der Waals surface area contributed by atoms with E-state index in [2.05, 4.69) is 10.6 Å². The highest BCUT2D eigenvalue weighted by molar-refractivity contribution is 5.93. The van der Waals surface area contributed by atoms with E-state index < -0.39 is 23.4 Å². The number of rotatable bonds is 7. The Hall–Kier alpha value is -3.29. The topological polar surface area (TPSA) is 85.9 Å². The highest BCUT2D eigenvalue weighted by Crippen LogP contribution is 2.26. The van der Waals surface area contributed by atoms with E-state index in [1.807, 2.05) is 6.92 Å². The minimum absolute atomic E-state index is 0.111. The predicted molar refractivity (Wildman–Crippen MR) is 108 cm³/mol. The van der Waals surface area contributed by atoms with Gasteiger partial charge in [-0.2, -0.15) is 0 Å². The van der Waals surface area contributed by atoms with Gasteiger partial charge in [0.05, 0.1) is 12.3 Å². The molecule has 0 fully saturated rings. The van der Waals surface area contributed by atoms with Crippen LogP contribution in [0.2, 0.25) is 0 Å². The molecule has 8 heteroatoms. The van der Waals surface area contributed by atoms with Gasteiger partial charge in [-0.15, -0.1) is 0 Å². The molecule has 0 spiro atoms.